The highest BCUT2D eigenvalue weighted by Gasteiger charge is 2.31. The molecule has 15 heavy (non-hydrogen) atoms. The molecule has 1 aliphatic rings. The second kappa shape index (κ2) is 4.97. The third-order valence-corrected chi connectivity index (χ3v) is 3.27. The van der Waals surface area contributed by atoms with Crippen LogP contribution in [0.1, 0.15) is 34.6 Å². The van der Waals surface area contributed by atoms with Crippen LogP contribution in [0.15, 0.2) is 0 Å². The molecule has 0 bridgehead atoms. The molecule has 1 fully saturated rings. The first-order chi connectivity index (χ1) is 6.97. The van der Waals surface area contributed by atoms with Gasteiger partial charge in [-0.1, -0.05) is 20.8 Å². The Hall–Kier alpha value is -0.570. The predicted octanol–water partition coefficient (Wildman–Crippen LogP) is 1.58. The molecule has 2 atom stereocenters. The van der Waals surface area contributed by atoms with Crippen molar-refractivity contribution in [2.75, 3.05) is 19.6 Å². The average Bonchev–Trinajstić information content (AvgIpc) is 2.15. The molecule has 0 spiro atoms. The Morgan fingerprint density at radius 2 is 1.73 bits per heavy atom. The third kappa shape index (κ3) is 2.71. The Morgan fingerprint density at radius 3 is 2.07 bits per heavy atom. The number of rotatable bonds is 2. The van der Waals surface area contributed by atoms with E-state index in [-0.39, 0.29) is 5.92 Å². The zero-order valence-corrected chi connectivity index (χ0v) is 10.7. The minimum Gasteiger partial charge on any atom is -0.339 e. The Balaban J connectivity index is 2.64. The van der Waals surface area contributed by atoms with Gasteiger partial charge in [0.25, 0.3) is 0 Å². The van der Waals surface area contributed by atoms with E-state index < -0.39 is 0 Å². The number of hydrogen-bond acceptors (Lipinski definition) is 2. The lowest BCUT2D eigenvalue weighted by atomic mass is 10.1. The highest BCUT2D eigenvalue weighted by atomic mass is 16.2. The SMILES string of the molecule is CCN1[C@H](C)CN(C(=O)C(C)C)C[C@@H]1C. The Kier molecular flexibility index (Phi) is 4.14. The van der Waals surface area contributed by atoms with E-state index in [0.717, 1.165) is 19.6 Å². The van der Waals surface area contributed by atoms with Crippen molar-refractivity contribution in [1.82, 2.24) is 9.80 Å². The lowest BCUT2D eigenvalue weighted by Crippen LogP contribution is -2.58. The first-order valence-corrected chi connectivity index (χ1v) is 6.01. The van der Waals surface area contributed by atoms with Crippen molar-refractivity contribution in [2.45, 2.75) is 46.7 Å². The van der Waals surface area contributed by atoms with E-state index in [0.29, 0.717) is 18.0 Å². The van der Waals surface area contributed by atoms with Gasteiger partial charge in [-0.05, 0) is 20.4 Å². The van der Waals surface area contributed by atoms with E-state index in [9.17, 15) is 4.79 Å². The number of likely N-dealkylation sites (N-methyl/N-ethyl adjacent to an activating group) is 1. The van der Waals surface area contributed by atoms with Gasteiger partial charge in [0.05, 0.1) is 0 Å². The van der Waals surface area contributed by atoms with E-state index in [1.165, 1.54) is 0 Å². The second-order valence-electron chi connectivity index (χ2n) is 4.93. The van der Waals surface area contributed by atoms with Gasteiger partial charge in [-0.25, -0.2) is 0 Å². The summed E-state index contributed by atoms with van der Waals surface area (Å²) in [4.78, 5) is 16.4. The summed E-state index contributed by atoms with van der Waals surface area (Å²) in [5.41, 5.74) is 0. The summed E-state index contributed by atoms with van der Waals surface area (Å²) in [6.45, 7) is 13.4. The number of hydrogen-bond donors (Lipinski definition) is 0. The van der Waals surface area contributed by atoms with Crippen molar-refractivity contribution in [3.8, 4) is 0 Å². The molecule has 0 aromatic carbocycles. The topological polar surface area (TPSA) is 23.6 Å². The molecule has 1 aliphatic heterocycles. The van der Waals surface area contributed by atoms with Crippen molar-refractivity contribution in [3.63, 3.8) is 0 Å². The van der Waals surface area contributed by atoms with Crippen LogP contribution in [0, 0.1) is 5.92 Å². The van der Waals surface area contributed by atoms with Gasteiger partial charge in [-0.3, -0.25) is 9.69 Å². The van der Waals surface area contributed by atoms with Gasteiger partial charge in [0.2, 0.25) is 5.91 Å². The summed E-state index contributed by atoms with van der Waals surface area (Å²) in [7, 11) is 0. The molecule has 3 nitrogen and oxygen atoms in total. The minimum atomic E-state index is 0.123. The van der Waals surface area contributed by atoms with E-state index in [4.69, 9.17) is 0 Å². The van der Waals surface area contributed by atoms with Crippen LogP contribution in [0.3, 0.4) is 0 Å². The number of piperazine rings is 1. The van der Waals surface area contributed by atoms with Crippen LogP contribution in [-0.4, -0.2) is 47.4 Å². The third-order valence-electron chi connectivity index (χ3n) is 3.27. The van der Waals surface area contributed by atoms with E-state index in [2.05, 4.69) is 25.7 Å². The lowest BCUT2D eigenvalue weighted by Gasteiger charge is -2.44. The average molecular weight is 212 g/mol. The predicted molar refractivity (Wildman–Crippen MR) is 62.7 cm³/mol. The molecule has 0 radical (unpaired) electrons. The van der Waals surface area contributed by atoms with Crippen LogP contribution in [0.5, 0.6) is 0 Å². The van der Waals surface area contributed by atoms with Gasteiger partial charge >= 0.3 is 0 Å². The van der Waals surface area contributed by atoms with Gasteiger partial charge in [-0.15, -0.1) is 0 Å². The van der Waals surface area contributed by atoms with Crippen molar-refractivity contribution in [1.29, 1.82) is 0 Å². The Labute approximate surface area is 93.4 Å². The smallest absolute Gasteiger partial charge is 0.225 e. The first-order valence-electron chi connectivity index (χ1n) is 6.01. The highest BCUT2D eigenvalue weighted by molar-refractivity contribution is 5.78. The monoisotopic (exact) mass is 212 g/mol. The normalized spacial score (nSPS) is 28.5. The van der Waals surface area contributed by atoms with Crippen LogP contribution in [0.2, 0.25) is 0 Å². The zero-order valence-electron chi connectivity index (χ0n) is 10.7. The first kappa shape index (κ1) is 12.5. The summed E-state index contributed by atoms with van der Waals surface area (Å²) in [6.07, 6.45) is 0. The van der Waals surface area contributed by atoms with Crippen LogP contribution in [-0.2, 0) is 4.79 Å². The quantitative estimate of drug-likeness (QED) is 0.694. The van der Waals surface area contributed by atoms with Crippen LogP contribution < -0.4 is 0 Å². The summed E-state index contributed by atoms with van der Waals surface area (Å²) >= 11 is 0. The molecule has 0 saturated carbocycles. The zero-order chi connectivity index (χ0) is 11.6. The molecule has 0 unspecified atom stereocenters. The summed E-state index contributed by atoms with van der Waals surface area (Å²) < 4.78 is 0. The Morgan fingerprint density at radius 1 is 1.27 bits per heavy atom. The second-order valence-corrected chi connectivity index (χ2v) is 4.93. The maximum atomic E-state index is 11.9. The molecule has 88 valence electrons. The van der Waals surface area contributed by atoms with Gasteiger partial charge < -0.3 is 4.90 Å². The summed E-state index contributed by atoms with van der Waals surface area (Å²) in [5.74, 6) is 0.419. The summed E-state index contributed by atoms with van der Waals surface area (Å²) in [6, 6.07) is 0.975. The molecule has 0 aromatic heterocycles. The van der Waals surface area contributed by atoms with Gasteiger partial charge in [-0.2, -0.15) is 0 Å². The number of carbonyl (C=O) groups excluding carboxylic acids is 1. The van der Waals surface area contributed by atoms with E-state index in [1.54, 1.807) is 0 Å². The fourth-order valence-corrected chi connectivity index (χ4v) is 2.53. The molecule has 0 aliphatic carbocycles. The Bertz CT molecular complexity index is 216. The van der Waals surface area contributed by atoms with E-state index >= 15 is 0 Å². The minimum absolute atomic E-state index is 0.123. The molecular formula is C12H24N2O. The van der Waals surface area contributed by atoms with Crippen LogP contribution >= 0.6 is 0 Å². The molecular weight excluding hydrogens is 188 g/mol. The van der Waals surface area contributed by atoms with Gasteiger partial charge in [0, 0.05) is 31.1 Å². The fourth-order valence-electron chi connectivity index (χ4n) is 2.53. The van der Waals surface area contributed by atoms with Crippen molar-refractivity contribution >= 4 is 5.91 Å². The van der Waals surface area contributed by atoms with Gasteiger partial charge in [0.1, 0.15) is 0 Å². The maximum absolute atomic E-state index is 11.9. The maximum Gasteiger partial charge on any atom is 0.225 e. The standard InChI is InChI=1S/C12H24N2O/c1-6-14-10(4)7-13(8-11(14)5)12(15)9(2)3/h9-11H,6-8H2,1-5H3/t10-,11+. The molecule has 3 heteroatoms. The van der Waals surface area contributed by atoms with Crippen molar-refractivity contribution in [3.05, 3.63) is 0 Å². The molecule has 1 rings (SSSR count). The van der Waals surface area contributed by atoms with Crippen LogP contribution in [0.4, 0.5) is 0 Å². The van der Waals surface area contributed by atoms with Crippen molar-refractivity contribution in [2.24, 2.45) is 5.92 Å². The summed E-state index contributed by atoms with van der Waals surface area (Å²) in [5, 5.41) is 0. The largest absolute Gasteiger partial charge is 0.339 e. The highest BCUT2D eigenvalue weighted by Crippen LogP contribution is 2.16. The molecule has 1 amide bonds. The van der Waals surface area contributed by atoms with E-state index in [1.807, 2.05) is 18.7 Å². The number of amides is 1. The number of nitrogens with zero attached hydrogens (tertiary/aromatic N) is 2. The van der Waals surface area contributed by atoms with Crippen LogP contribution in [0.25, 0.3) is 0 Å². The lowest BCUT2D eigenvalue weighted by molar-refractivity contribution is -0.138. The molecule has 0 aromatic rings. The van der Waals surface area contributed by atoms with Crippen molar-refractivity contribution < 1.29 is 4.79 Å². The molecule has 1 heterocycles. The van der Waals surface area contributed by atoms with Gasteiger partial charge in [0.15, 0.2) is 0 Å². The molecule has 1 saturated heterocycles. The fraction of sp³-hybridized carbons (Fsp3) is 0.917. The molecule has 0 N–H and O–H groups in total. The number of carbonyl (C=O) groups is 1.